The van der Waals surface area contributed by atoms with Gasteiger partial charge in [-0.2, -0.15) is 0 Å². The Morgan fingerprint density at radius 1 is 1.04 bits per heavy atom. The molecule has 0 fully saturated rings. The van der Waals surface area contributed by atoms with Crippen LogP contribution in [0.5, 0.6) is 0 Å². The van der Waals surface area contributed by atoms with Crippen molar-refractivity contribution in [2.75, 3.05) is 0 Å². The lowest BCUT2D eigenvalue weighted by atomic mass is 9.99. The predicted octanol–water partition coefficient (Wildman–Crippen LogP) is 5.28. The number of aryl methyl sites for hydroxylation is 3. The Kier molecular flexibility index (Phi) is 7.12. The normalized spacial score (nSPS) is 11.2. The first-order chi connectivity index (χ1) is 13.0. The van der Waals surface area contributed by atoms with Gasteiger partial charge in [-0.3, -0.25) is 4.79 Å². The standard InChI is InChI=1S/C21H27ClN2O3S/c1-12-7-15(10-24-20(26)27-21(4,5)6)8-13(2)16(12)11-23-19(25)18-9-17(22)14(3)28-18/h7-9H,10-11H2,1-6H3,(H,23,25)(H,24,26). The number of carbonyl (C=O) groups is 2. The van der Waals surface area contributed by atoms with Crippen LogP contribution in [0, 0.1) is 20.8 Å². The Balaban J connectivity index is 1.99. The molecule has 152 valence electrons. The molecule has 0 atom stereocenters. The third-order valence-electron chi connectivity index (χ3n) is 4.10. The van der Waals surface area contributed by atoms with Crippen molar-refractivity contribution in [1.82, 2.24) is 10.6 Å². The van der Waals surface area contributed by atoms with E-state index in [0.29, 0.717) is 23.0 Å². The topological polar surface area (TPSA) is 67.4 Å². The average Bonchev–Trinajstić information content (AvgIpc) is 2.89. The van der Waals surface area contributed by atoms with Gasteiger partial charge < -0.3 is 15.4 Å². The largest absolute Gasteiger partial charge is 0.444 e. The van der Waals surface area contributed by atoms with Crippen LogP contribution in [0.15, 0.2) is 18.2 Å². The van der Waals surface area contributed by atoms with E-state index in [2.05, 4.69) is 10.6 Å². The van der Waals surface area contributed by atoms with Gasteiger partial charge in [0.1, 0.15) is 5.60 Å². The van der Waals surface area contributed by atoms with Gasteiger partial charge in [-0.25, -0.2) is 4.79 Å². The number of rotatable bonds is 5. The quantitative estimate of drug-likeness (QED) is 0.688. The first-order valence-corrected chi connectivity index (χ1v) is 10.3. The number of alkyl carbamates (subject to hydrolysis) is 1. The van der Waals surface area contributed by atoms with Crippen LogP contribution in [-0.2, 0) is 17.8 Å². The van der Waals surface area contributed by atoms with Crippen LogP contribution in [0.25, 0.3) is 0 Å². The van der Waals surface area contributed by atoms with Gasteiger partial charge in [-0.15, -0.1) is 11.3 Å². The van der Waals surface area contributed by atoms with Gasteiger partial charge in [0.25, 0.3) is 5.91 Å². The highest BCUT2D eigenvalue weighted by atomic mass is 35.5. The first kappa shape index (κ1) is 22.2. The predicted molar refractivity (Wildman–Crippen MR) is 114 cm³/mol. The van der Waals surface area contributed by atoms with E-state index in [1.54, 1.807) is 6.07 Å². The molecule has 0 saturated heterocycles. The molecular formula is C21H27ClN2O3S. The summed E-state index contributed by atoms with van der Waals surface area (Å²) in [5.74, 6) is -0.130. The van der Waals surface area contributed by atoms with Crippen LogP contribution in [-0.4, -0.2) is 17.6 Å². The zero-order chi connectivity index (χ0) is 21.1. The van der Waals surface area contributed by atoms with E-state index >= 15 is 0 Å². The van der Waals surface area contributed by atoms with Gasteiger partial charge in [0.2, 0.25) is 0 Å². The van der Waals surface area contributed by atoms with Crippen molar-refractivity contribution >= 4 is 34.9 Å². The van der Waals surface area contributed by atoms with Crippen LogP contribution >= 0.6 is 22.9 Å². The summed E-state index contributed by atoms with van der Waals surface area (Å²) in [5.41, 5.74) is 3.64. The van der Waals surface area contributed by atoms with Gasteiger partial charge in [0, 0.05) is 18.0 Å². The summed E-state index contributed by atoms with van der Waals surface area (Å²) < 4.78 is 5.25. The van der Waals surface area contributed by atoms with Crippen molar-refractivity contribution < 1.29 is 14.3 Å². The monoisotopic (exact) mass is 422 g/mol. The summed E-state index contributed by atoms with van der Waals surface area (Å²) in [4.78, 5) is 25.7. The second-order valence-electron chi connectivity index (χ2n) is 7.76. The van der Waals surface area contributed by atoms with E-state index in [-0.39, 0.29) is 5.91 Å². The van der Waals surface area contributed by atoms with E-state index in [4.69, 9.17) is 16.3 Å². The molecule has 1 heterocycles. The second kappa shape index (κ2) is 8.97. The van der Waals surface area contributed by atoms with Crippen LogP contribution in [0.4, 0.5) is 4.79 Å². The maximum absolute atomic E-state index is 12.3. The number of nitrogens with one attached hydrogen (secondary N) is 2. The average molecular weight is 423 g/mol. The summed E-state index contributed by atoms with van der Waals surface area (Å²) in [6.07, 6.45) is -0.441. The minimum atomic E-state index is -0.524. The summed E-state index contributed by atoms with van der Waals surface area (Å²) in [5, 5.41) is 6.34. The van der Waals surface area contributed by atoms with Gasteiger partial charge in [0.15, 0.2) is 0 Å². The number of amides is 2. The highest BCUT2D eigenvalue weighted by molar-refractivity contribution is 7.14. The lowest BCUT2D eigenvalue weighted by Gasteiger charge is -2.20. The Morgan fingerprint density at radius 2 is 1.64 bits per heavy atom. The van der Waals surface area contributed by atoms with Crippen molar-refractivity contribution in [3.05, 3.63) is 55.2 Å². The minimum absolute atomic E-state index is 0.130. The number of carbonyl (C=O) groups excluding carboxylic acids is 2. The number of ether oxygens (including phenoxy) is 1. The smallest absolute Gasteiger partial charge is 0.407 e. The van der Waals surface area contributed by atoms with Crippen LogP contribution in [0.1, 0.15) is 57.6 Å². The molecule has 0 aliphatic rings. The maximum atomic E-state index is 12.3. The Morgan fingerprint density at radius 3 is 2.14 bits per heavy atom. The van der Waals surface area contributed by atoms with Gasteiger partial charge in [-0.1, -0.05) is 23.7 Å². The molecule has 0 saturated carbocycles. The van der Waals surface area contributed by atoms with Crippen molar-refractivity contribution in [3.63, 3.8) is 0 Å². The molecule has 0 spiro atoms. The molecule has 1 aromatic heterocycles. The van der Waals surface area contributed by atoms with E-state index < -0.39 is 11.7 Å². The first-order valence-electron chi connectivity index (χ1n) is 9.06. The molecular weight excluding hydrogens is 396 g/mol. The van der Waals surface area contributed by atoms with Crippen molar-refractivity contribution in [2.45, 2.75) is 60.2 Å². The Bertz CT molecular complexity index is 842. The molecule has 0 bridgehead atoms. The van der Waals surface area contributed by atoms with Crippen molar-refractivity contribution in [3.8, 4) is 0 Å². The molecule has 0 unspecified atom stereocenters. The number of thiophene rings is 1. The fourth-order valence-corrected chi connectivity index (χ4v) is 3.90. The zero-order valence-corrected chi connectivity index (χ0v) is 18.7. The highest BCUT2D eigenvalue weighted by Crippen LogP contribution is 2.26. The molecule has 2 rings (SSSR count). The molecule has 5 nitrogen and oxygen atoms in total. The number of hydrogen-bond donors (Lipinski definition) is 2. The lowest BCUT2D eigenvalue weighted by Crippen LogP contribution is -2.32. The second-order valence-corrected chi connectivity index (χ2v) is 9.42. The molecule has 0 radical (unpaired) electrons. The minimum Gasteiger partial charge on any atom is -0.444 e. The van der Waals surface area contributed by atoms with Crippen LogP contribution < -0.4 is 10.6 Å². The summed E-state index contributed by atoms with van der Waals surface area (Å²) >= 11 is 7.42. The third-order valence-corrected chi connectivity index (χ3v) is 5.65. The molecule has 2 N–H and O–H groups in total. The maximum Gasteiger partial charge on any atom is 0.407 e. The van der Waals surface area contributed by atoms with Crippen molar-refractivity contribution in [1.29, 1.82) is 0 Å². The fraction of sp³-hybridized carbons (Fsp3) is 0.429. The van der Waals surface area contributed by atoms with E-state index in [1.807, 2.05) is 53.7 Å². The molecule has 28 heavy (non-hydrogen) atoms. The number of benzene rings is 1. The van der Waals surface area contributed by atoms with E-state index in [9.17, 15) is 9.59 Å². The Hall–Kier alpha value is -2.05. The van der Waals surface area contributed by atoms with E-state index in [1.165, 1.54) is 11.3 Å². The van der Waals surface area contributed by atoms with Gasteiger partial charge in [-0.05, 0) is 69.9 Å². The zero-order valence-electron chi connectivity index (χ0n) is 17.2. The highest BCUT2D eigenvalue weighted by Gasteiger charge is 2.16. The summed E-state index contributed by atoms with van der Waals surface area (Å²) in [7, 11) is 0. The Labute approximate surface area is 175 Å². The SMILES string of the molecule is Cc1cc(CNC(=O)OC(C)(C)C)cc(C)c1CNC(=O)c1cc(Cl)c(C)s1. The fourth-order valence-electron chi connectivity index (χ4n) is 2.78. The molecule has 0 aliphatic carbocycles. The molecule has 7 heteroatoms. The van der Waals surface area contributed by atoms with Crippen LogP contribution in [0.3, 0.4) is 0 Å². The molecule has 0 aliphatic heterocycles. The van der Waals surface area contributed by atoms with Gasteiger partial charge >= 0.3 is 6.09 Å². The lowest BCUT2D eigenvalue weighted by molar-refractivity contribution is 0.0523. The molecule has 2 amide bonds. The number of hydrogen-bond acceptors (Lipinski definition) is 4. The summed E-state index contributed by atoms with van der Waals surface area (Å²) in [6, 6.07) is 5.72. The molecule has 1 aromatic carbocycles. The number of halogens is 1. The van der Waals surface area contributed by atoms with Crippen LogP contribution in [0.2, 0.25) is 5.02 Å². The third kappa shape index (κ3) is 6.24. The summed E-state index contributed by atoms with van der Waals surface area (Å²) in [6.45, 7) is 12.2. The molecule has 2 aromatic rings. The van der Waals surface area contributed by atoms with Crippen molar-refractivity contribution in [2.24, 2.45) is 0 Å². The van der Waals surface area contributed by atoms with E-state index in [0.717, 1.165) is 27.1 Å². The van der Waals surface area contributed by atoms with Gasteiger partial charge in [0.05, 0.1) is 9.90 Å².